The van der Waals surface area contributed by atoms with Crippen LogP contribution in [0.3, 0.4) is 0 Å². The lowest BCUT2D eigenvalue weighted by Crippen LogP contribution is -2.51. The highest BCUT2D eigenvalue weighted by Crippen LogP contribution is 2.31. The van der Waals surface area contributed by atoms with Gasteiger partial charge in [0.05, 0.1) is 4.88 Å². The van der Waals surface area contributed by atoms with Crippen LogP contribution in [-0.4, -0.2) is 36.5 Å². The molecule has 2 heterocycles. The van der Waals surface area contributed by atoms with Crippen LogP contribution >= 0.6 is 11.3 Å². The van der Waals surface area contributed by atoms with Crippen molar-refractivity contribution in [2.75, 3.05) is 19.6 Å². The Balaban J connectivity index is 1.76. The van der Waals surface area contributed by atoms with E-state index in [1.54, 1.807) is 11.3 Å². The third kappa shape index (κ3) is 2.11. The zero-order valence-electron chi connectivity index (χ0n) is 10.2. The van der Waals surface area contributed by atoms with Gasteiger partial charge in [-0.25, -0.2) is 0 Å². The van der Waals surface area contributed by atoms with Crippen molar-refractivity contribution in [1.29, 1.82) is 0 Å². The van der Waals surface area contributed by atoms with Crippen molar-refractivity contribution >= 4 is 17.2 Å². The molecule has 1 aromatic heterocycles. The molecule has 1 aromatic rings. The average molecular weight is 250 g/mol. The molecule has 3 rings (SSSR count). The van der Waals surface area contributed by atoms with Gasteiger partial charge in [0.2, 0.25) is 0 Å². The second kappa shape index (κ2) is 4.42. The van der Waals surface area contributed by atoms with Crippen molar-refractivity contribution in [2.45, 2.75) is 32.2 Å². The maximum absolute atomic E-state index is 12.4. The Bertz CT molecular complexity index is 419. The highest BCUT2D eigenvalue weighted by atomic mass is 32.1. The van der Waals surface area contributed by atoms with E-state index in [9.17, 15) is 4.79 Å². The van der Waals surface area contributed by atoms with Crippen LogP contribution in [0.25, 0.3) is 0 Å². The molecule has 1 aliphatic carbocycles. The van der Waals surface area contributed by atoms with Gasteiger partial charge in [0.1, 0.15) is 0 Å². The van der Waals surface area contributed by atoms with Crippen molar-refractivity contribution in [3.05, 3.63) is 21.4 Å². The molecule has 1 aliphatic heterocycles. The predicted octanol–water partition coefficient (Wildman–Crippen LogP) is 1.67. The van der Waals surface area contributed by atoms with Gasteiger partial charge in [-0.15, -0.1) is 11.3 Å². The van der Waals surface area contributed by atoms with E-state index in [0.717, 1.165) is 30.9 Å². The number of piperazine rings is 1. The van der Waals surface area contributed by atoms with Gasteiger partial charge in [0, 0.05) is 30.6 Å². The molecule has 1 saturated heterocycles. The molecule has 0 aromatic carbocycles. The van der Waals surface area contributed by atoms with Crippen LogP contribution in [0.15, 0.2) is 6.07 Å². The second-order valence-corrected chi connectivity index (χ2v) is 6.16. The minimum absolute atomic E-state index is 0.234. The molecule has 1 unspecified atom stereocenters. The van der Waals surface area contributed by atoms with Gasteiger partial charge in [-0.3, -0.25) is 4.79 Å². The first-order chi connectivity index (χ1) is 8.24. The van der Waals surface area contributed by atoms with Crippen molar-refractivity contribution in [3.63, 3.8) is 0 Å². The average Bonchev–Trinajstić information content (AvgIpc) is 2.88. The minimum Gasteiger partial charge on any atom is -0.335 e. The Kier molecular flexibility index (Phi) is 2.92. The van der Waals surface area contributed by atoms with Crippen LogP contribution in [0.4, 0.5) is 0 Å². The molecule has 17 heavy (non-hydrogen) atoms. The molecule has 1 fully saturated rings. The number of hydrogen-bond acceptors (Lipinski definition) is 3. The topological polar surface area (TPSA) is 32.3 Å². The van der Waals surface area contributed by atoms with Crippen molar-refractivity contribution in [3.8, 4) is 0 Å². The molecule has 0 bridgehead atoms. The van der Waals surface area contributed by atoms with E-state index >= 15 is 0 Å². The van der Waals surface area contributed by atoms with Crippen LogP contribution in [-0.2, 0) is 12.8 Å². The first-order valence-corrected chi connectivity index (χ1v) is 7.20. The summed E-state index contributed by atoms with van der Waals surface area (Å²) in [6.45, 7) is 4.72. The molecule has 4 heteroatoms. The third-order valence-electron chi connectivity index (χ3n) is 3.61. The Morgan fingerprint density at radius 1 is 1.53 bits per heavy atom. The smallest absolute Gasteiger partial charge is 0.264 e. The Hall–Kier alpha value is -0.870. The van der Waals surface area contributed by atoms with Gasteiger partial charge < -0.3 is 10.2 Å². The van der Waals surface area contributed by atoms with Gasteiger partial charge in [0.25, 0.3) is 5.91 Å². The zero-order chi connectivity index (χ0) is 11.8. The molecule has 92 valence electrons. The summed E-state index contributed by atoms with van der Waals surface area (Å²) >= 11 is 1.71. The lowest BCUT2D eigenvalue weighted by Gasteiger charge is -2.31. The van der Waals surface area contributed by atoms with Gasteiger partial charge in [-0.2, -0.15) is 0 Å². The summed E-state index contributed by atoms with van der Waals surface area (Å²) < 4.78 is 0. The number of thiophene rings is 1. The maximum atomic E-state index is 12.4. The number of aryl methyl sites for hydroxylation is 2. The van der Waals surface area contributed by atoms with E-state index in [1.165, 1.54) is 23.3 Å². The van der Waals surface area contributed by atoms with E-state index < -0.39 is 0 Å². The summed E-state index contributed by atoms with van der Waals surface area (Å²) in [5, 5.41) is 3.37. The summed E-state index contributed by atoms with van der Waals surface area (Å²) in [6.07, 6.45) is 3.60. The summed E-state index contributed by atoms with van der Waals surface area (Å²) in [6, 6.07) is 2.54. The molecule has 1 amide bonds. The zero-order valence-corrected chi connectivity index (χ0v) is 11.0. The highest BCUT2D eigenvalue weighted by molar-refractivity contribution is 7.14. The molecule has 2 aliphatic rings. The number of nitrogens with zero attached hydrogens (tertiary/aromatic N) is 1. The largest absolute Gasteiger partial charge is 0.335 e. The second-order valence-electron chi connectivity index (χ2n) is 5.02. The van der Waals surface area contributed by atoms with Crippen LogP contribution in [0, 0.1) is 0 Å². The van der Waals surface area contributed by atoms with Crippen LogP contribution in [0.5, 0.6) is 0 Å². The number of amides is 1. The molecule has 1 N–H and O–H groups in total. The van der Waals surface area contributed by atoms with Crippen LogP contribution in [0.2, 0.25) is 0 Å². The van der Waals surface area contributed by atoms with E-state index in [-0.39, 0.29) is 5.91 Å². The standard InChI is InChI=1S/C13H18N2OS/c1-9-8-15(6-5-14-9)13(16)12-7-10-3-2-4-11(10)17-12/h7,9,14H,2-6,8H2,1H3. The first-order valence-electron chi connectivity index (χ1n) is 6.38. The molecule has 0 saturated carbocycles. The fraction of sp³-hybridized carbons (Fsp3) is 0.615. The summed E-state index contributed by atoms with van der Waals surface area (Å²) in [4.78, 5) is 16.7. The van der Waals surface area contributed by atoms with Crippen molar-refractivity contribution in [1.82, 2.24) is 10.2 Å². The minimum atomic E-state index is 0.234. The van der Waals surface area contributed by atoms with E-state index in [2.05, 4.69) is 18.3 Å². The fourth-order valence-electron chi connectivity index (χ4n) is 2.71. The van der Waals surface area contributed by atoms with Crippen molar-refractivity contribution in [2.24, 2.45) is 0 Å². The Labute approximate surface area is 106 Å². The number of nitrogens with one attached hydrogen (secondary N) is 1. The number of fused-ring (bicyclic) bond motifs is 1. The monoisotopic (exact) mass is 250 g/mol. The number of carbonyl (C=O) groups excluding carboxylic acids is 1. The van der Waals surface area contributed by atoms with Crippen LogP contribution < -0.4 is 5.32 Å². The van der Waals surface area contributed by atoms with Gasteiger partial charge in [-0.05, 0) is 37.8 Å². The third-order valence-corrected chi connectivity index (χ3v) is 4.84. The molecule has 0 spiro atoms. The lowest BCUT2D eigenvalue weighted by molar-refractivity contribution is 0.0714. The predicted molar refractivity (Wildman–Crippen MR) is 69.7 cm³/mol. The van der Waals surface area contributed by atoms with E-state index in [0.29, 0.717) is 6.04 Å². The number of carbonyl (C=O) groups is 1. The summed E-state index contributed by atoms with van der Waals surface area (Å²) in [5.41, 5.74) is 1.42. The lowest BCUT2D eigenvalue weighted by atomic mass is 10.2. The number of hydrogen-bond donors (Lipinski definition) is 1. The maximum Gasteiger partial charge on any atom is 0.264 e. The van der Waals surface area contributed by atoms with Crippen molar-refractivity contribution < 1.29 is 4.79 Å². The molecular formula is C13H18N2OS. The molecular weight excluding hydrogens is 232 g/mol. The van der Waals surface area contributed by atoms with Gasteiger partial charge in [0.15, 0.2) is 0 Å². The quantitative estimate of drug-likeness (QED) is 0.822. The highest BCUT2D eigenvalue weighted by Gasteiger charge is 2.25. The number of rotatable bonds is 1. The fourth-order valence-corrected chi connectivity index (χ4v) is 3.93. The summed E-state index contributed by atoms with van der Waals surface area (Å²) in [5.74, 6) is 0.234. The molecule has 1 atom stereocenters. The molecule has 3 nitrogen and oxygen atoms in total. The van der Waals surface area contributed by atoms with E-state index in [4.69, 9.17) is 0 Å². The Morgan fingerprint density at radius 3 is 3.18 bits per heavy atom. The normalized spacial score (nSPS) is 23.8. The van der Waals surface area contributed by atoms with Gasteiger partial charge >= 0.3 is 0 Å². The SMILES string of the molecule is CC1CN(C(=O)c2cc3c(s2)CCC3)CCN1. The molecule has 0 radical (unpaired) electrons. The van der Waals surface area contributed by atoms with Gasteiger partial charge in [-0.1, -0.05) is 0 Å². The Morgan fingerprint density at radius 2 is 2.41 bits per heavy atom. The summed E-state index contributed by atoms with van der Waals surface area (Å²) in [7, 11) is 0. The van der Waals surface area contributed by atoms with Crippen LogP contribution in [0.1, 0.15) is 33.5 Å². The first kappa shape index (κ1) is 11.2. The van der Waals surface area contributed by atoms with E-state index in [1.807, 2.05) is 4.90 Å².